The van der Waals surface area contributed by atoms with Crippen LogP contribution in [0.15, 0.2) is 54.6 Å². The van der Waals surface area contributed by atoms with Crippen LogP contribution in [0.5, 0.6) is 0 Å². The van der Waals surface area contributed by atoms with Crippen LogP contribution in [0.25, 0.3) is 11.0 Å². The van der Waals surface area contributed by atoms with E-state index >= 15 is 0 Å². The predicted octanol–water partition coefficient (Wildman–Crippen LogP) is 5.42. The summed E-state index contributed by atoms with van der Waals surface area (Å²) in [7, 11) is 0. The first-order chi connectivity index (χ1) is 16.6. The molecule has 5 atom stereocenters. The monoisotopic (exact) mass is 456 g/mol. The highest BCUT2D eigenvalue weighted by atomic mass is 16.2. The molecule has 2 saturated heterocycles. The number of rotatable bonds is 7. The van der Waals surface area contributed by atoms with Crippen LogP contribution in [-0.4, -0.2) is 39.0 Å². The minimum atomic E-state index is 0.0958. The molecule has 5 nitrogen and oxygen atoms in total. The first-order valence-electron chi connectivity index (χ1n) is 13.1. The molecule has 2 aliphatic heterocycles. The number of amides is 1. The lowest BCUT2D eigenvalue weighted by molar-refractivity contribution is -0.123. The summed E-state index contributed by atoms with van der Waals surface area (Å²) in [6.45, 7) is 5.38. The van der Waals surface area contributed by atoms with Gasteiger partial charge in [-0.05, 0) is 69.1 Å². The molecule has 178 valence electrons. The van der Waals surface area contributed by atoms with Crippen molar-refractivity contribution in [2.75, 3.05) is 6.54 Å². The number of piperidine rings is 1. The van der Waals surface area contributed by atoms with Crippen molar-refractivity contribution in [3.63, 3.8) is 0 Å². The molecule has 1 amide bonds. The van der Waals surface area contributed by atoms with E-state index in [1.165, 1.54) is 36.8 Å². The van der Waals surface area contributed by atoms with E-state index in [1.54, 1.807) is 0 Å². The van der Waals surface area contributed by atoms with Gasteiger partial charge in [-0.3, -0.25) is 9.69 Å². The number of nitrogens with zero attached hydrogens (tertiary/aromatic N) is 3. The molecule has 0 radical (unpaired) electrons. The summed E-state index contributed by atoms with van der Waals surface area (Å²) >= 11 is 0. The second-order valence-corrected chi connectivity index (χ2v) is 10.8. The lowest BCUT2D eigenvalue weighted by atomic mass is 9.95. The largest absolute Gasteiger partial charge is 0.349 e. The Labute approximate surface area is 202 Å². The third-order valence-corrected chi connectivity index (χ3v) is 8.64. The van der Waals surface area contributed by atoms with E-state index in [2.05, 4.69) is 83.2 Å². The molecule has 3 fully saturated rings. The van der Waals surface area contributed by atoms with Gasteiger partial charge in [-0.15, -0.1) is 0 Å². The normalized spacial score (nSPS) is 29.3. The maximum Gasteiger partial charge on any atom is 0.223 e. The molecule has 6 rings (SSSR count). The first kappa shape index (κ1) is 21.8. The van der Waals surface area contributed by atoms with E-state index in [-0.39, 0.29) is 17.9 Å². The van der Waals surface area contributed by atoms with Gasteiger partial charge >= 0.3 is 0 Å². The van der Waals surface area contributed by atoms with Crippen LogP contribution >= 0.6 is 0 Å². The highest BCUT2D eigenvalue weighted by molar-refractivity contribution is 5.81. The predicted molar refractivity (Wildman–Crippen MR) is 135 cm³/mol. The van der Waals surface area contributed by atoms with Gasteiger partial charge < -0.3 is 9.88 Å². The summed E-state index contributed by atoms with van der Waals surface area (Å²) in [4.78, 5) is 20.4. The van der Waals surface area contributed by atoms with Crippen molar-refractivity contribution in [3.8, 4) is 0 Å². The summed E-state index contributed by atoms with van der Waals surface area (Å²) in [5.41, 5.74) is 3.62. The zero-order chi connectivity index (χ0) is 23.2. The van der Waals surface area contributed by atoms with Gasteiger partial charge in [-0.25, -0.2) is 4.98 Å². The molecule has 2 bridgehead atoms. The van der Waals surface area contributed by atoms with E-state index < -0.39 is 0 Å². The minimum Gasteiger partial charge on any atom is -0.349 e. The van der Waals surface area contributed by atoms with Crippen LogP contribution in [-0.2, 0) is 4.79 Å². The Bertz CT molecular complexity index is 1160. The average Bonchev–Trinajstić information content (AvgIpc) is 3.42. The Balaban J connectivity index is 1.15. The van der Waals surface area contributed by atoms with Crippen LogP contribution in [0.3, 0.4) is 0 Å². The topological polar surface area (TPSA) is 50.2 Å². The van der Waals surface area contributed by atoms with Crippen LogP contribution in [0.1, 0.15) is 68.9 Å². The van der Waals surface area contributed by atoms with Gasteiger partial charge in [0, 0.05) is 30.6 Å². The number of hydrogen-bond donors (Lipinski definition) is 1. The van der Waals surface area contributed by atoms with Crippen molar-refractivity contribution in [1.82, 2.24) is 19.8 Å². The standard InChI is InChI=1S/C29H36N4O/c1-19-16-25(19)29(34)31-26(21-8-4-3-5-9-21)14-15-32-22-12-13-23(32)18-24(17-22)33-20(2)30-27-10-6-7-11-28(27)33/h3-11,19,22-26H,12-18H2,1-2H3,(H,31,34)/t19?,22?,23?,24?,25?,26-/m1/s1. The fourth-order valence-corrected chi connectivity index (χ4v) is 6.70. The lowest BCUT2D eigenvalue weighted by Crippen LogP contribution is -2.45. The van der Waals surface area contributed by atoms with Crippen molar-refractivity contribution in [2.24, 2.45) is 11.8 Å². The molecule has 4 unspecified atom stereocenters. The Morgan fingerprint density at radius 1 is 1.00 bits per heavy atom. The van der Waals surface area contributed by atoms with Crippen LogP contribution in [0, 0.1) is 18.8 Å². The maximum absolute atomic E-state index is 12.8. The maximum atomic E-state index is 12.8. The first-order valence-corrected chi connectivity index (χ1v) is 13.1. The van der Waals surface area contributed by atoms with Crippen molar-refractivity contribution < 1.29 is 4.79 Å². The fourth-order valence-electron chi connectivity index (χ4n) is 6.70. The number of carbonyl (C=O) groups is 1. The fraction of sp³-hybridized carbons (Fsp3) is 0.517. The number of benzene rings is 2. The number of imidazole rings is 1. The van der Waals surface area contributed by atoms with E-state index in [4.69, 9.17) is 4.98 Å². The van der Waals surface area contributed by atoms with Crippen LogP contribution in [0.2, 0.25) is 0 Å². The van der Waals surface area contributed by atoms with Gasteiger partial charge in [0.15, 0.2) is 0 Å². The molecule has 3 aliphatic rings. The van der Waals surface area contributed by atoms with E-state index in [9.17, 15) is 4.79 Å². The number of carbonyl (C=O) groups excluding carboxylic acids is 1. The molecule has 5 heteroatoms. The van der Waals surface area contributed by atoms with Gasteiger partial charge in [0.05, 0.1) is 17.1 Å². The summed E-state index contributed by atoms with van der Waals surface area (Å²) in [6, 6.07) is 21.0. The van der Waals surface area contributed by atoms with Gasteiger partial charge in [0.1, 0.15) is 5.82 Å². The minimum absolute atomic E-state index is 0.0958. The SMILES string of the molecule is Cc1nc2ccccc2n1C1CC2CCC(C1)N2CC[C@@H](NC(=O)C1CC1C)c1ccccc1. The number of aryl methyl sites for hydroxylation is 1. The van der Waals surface area contributed by atoms with Crippen LogP contribution in [0.4, 0.5) is 0 Å². The van der Waals surface area contributed by atoms with Crippen molar-refractivity contribution >= 4 is 16.9 Å². The lowest BCUT2D eigenvalue weighted by Gasteiger charge is -2.40. The number of nitrogens with one attached hydrogen (secondary N) is 1. The summed E-state index contributed by atoms with van der Waals surface area (Å²) in [5.74, 6) is 2.13. The number of para-hydroxylation sites is 2. The Morgan fingerprint density at radius 3 is 2.38 bits per heavy atom. The third kappa shape index (κ3) is 4.04. The van der Waals surface area contributed by atoms with Crippen molar-refractivity contribution in [2.45, 2.75) is 76.5 Å². The van der Waals surface area contributed by atoms with Gasteiger partial charge in [-0.2, -0.15) is 0 Å². The molecule has 3 heterocycles. The van der Waals surface area contributed by atoms with E-state index in [1.807, 2.05) is 0 Å². The summed E-state index contributed by atoms with van der Waals surface area (Å²) in [6.07, 6.45) is 6.97. The molecular formula is C29H36N4O. The molecule has 34 heavy (non-hydrogen) atoms. The van der Waals surface area contributed by atoms with Crippen molar-refractivity contribution in [3.05, 3.63) is 66.0 Å². The van der Waals surface area contributed by atoms with Gasteiger partial charge in [-0.1, -0.05) is 49.4 Å². The molecule has 0 spiro atoms. The second kappa shape index (κ2) is 8.84. The smallest absolute Gasteiger partial charge is 0.223 e. The molecule has 2 aromatic carbocycles. The highest BCUT2D eigenvalue weighted by Gasteiger charge is 2.42. The summed E-state index contributed by atoms with van der Waals surface area (Å²) < 4.78 is 2.50. The molecule has 1 N–H and O–H groups in total. The van der Waals surface area contributed by atoms with Crippen LogP contribution < -0.4 is 5.32 Å². The molecule has 3 aromatic rings. The van der Waals surface area contributed by atoms with Gasteiger partial charge in [0.2, 0.25) is 5.91 Å². The quantitative estimate of drug-likeness (QED) is 0.517. The summed E-state index contributed by atoms with van der Waals surface area (Å²) in [5, 5.41) is 3.40. The van der Waals surface area contributed by atoms with Crippen molar-refractivity contribution in [1.29, 1.82) is 0 Å². The molecule has 1 aliphatic carbocycles. The van der Waals surface area contributed by atoms with E-state index in [0.29, 0.717) is 24.0 Å². The molecular weight excluding hydrogens is 420 g/mol. The molecule has 1 saturated carbocycles. The van der Waals surface area contributed by atoms with Gasteiger partial charge in [0.25, 0.3) is 0 Å². The second-order valence-electron chi connectivity index (χ2n) is 10.8. The number of hydrogen-bond acceptors (Lipinski definition) is 3. The number of fused-ring (bicyclic) bond motifs is 3. The third-order valence-electron chi connectivity index (χ3n) is 8.64. The van der Waals surface area contributed by atoms with E-state index in [0.717, 1.165) is 30.7 Å². The average molecular weight is 457 g/mol. The zero-order valence-corrected chi connectivity index (χ0v) is 20.4. The number of aromatic nitrogens is 2. The highest BCUT2D eigenvalue weighted by Crippen LogP contribution is 2.43. The zero-order valence-electron chi connectivity index (χ0n) is 20.4. The molecule has 1 aromatic heterocycles. The Hall–Kier alpha value is -2.66. The Morgan fingerprint density at radius 2 is 1.68 bits per heavy atom. The Kier molecular flexibility index (Phi) is 5.68.